The maximum atomic E-state index is 11.9. The van der Waals surface area contributed by atoms with Crippen molar-refractivity contribution in [3.8, 4) is 0 Å². The molecule has 23 heavy (non-hydrogen) atoms. The molecule has 2 N–H and O–H groups in total. The third-order valence-electron chi connectivity index (χ3n) is 5.24. The number of hydrogen-bond donors (Lipinski definition) is 2. The summed E-state index contributed by atoms with van der Waals surface area (Å²) in [6.07, 6.45) is 0.342. The molecule has 3 rings (SSSR count). The van der Waals surface area contributed by atoms with Crippen LogP contribution in [0.25, 0.3) is 0 Å². The summed E-state index contributed by atoms with van der Waals surface area (Å²) in [5.41, 5.74) is -0.0324. The molecule has 1 aliphatic rings. The van der Waals surface area contributed by atoms with Gasteiger partial charge in [0.15, 0.2) is 0 Å². The fourth-order valence-electron chi connectivity index (χ4n) is 3.81. The fourth-order valence-corrected chi connectivity index (χ4v) is 3.81. The Balaban J connectivity index is 2.15. The molecule has 0 spiro atoms. The Hall–Kier alpha value is -2.17. The van der Waals surface area contributed by atoms with Crippen LogP contribution in [0, 0.1) is 5.92 Å². The first-order valence-electron chi connectivity index (χ1n) is 7.74. The van der Waals surface area contributed by atoms with Crippen molar-refractivity contribution < 1.29 is 15.1 Å². The van der Waals surface area contributed by atoms with E-state index in [1.54, 1.807) is 6.92 Å². The van der Waals surface area contributed by atoms with Gasteiger partial charge in [0.25, 0.3) is 0 Å². The van der Waals surface area contributed by atoms with Crippen molar-refractivity contribution in [1.29, 1.82) is 0 Å². The maximum absolute atomic E-state index is 11.9. The van der Waals surface area contributed by atoms with E-state index in [2.05, 4.69) is 0 Å². The zero-order chi connectivity index (χ0) is 16.7. The summed E-state index contributed by atoms with van der Waals surface area (Å²) in [6, 6.07) is 18.9. The highest BCUT2D eigenvalue weighted by Gasteiger charge is 2.60. The molecule has 3 atom stereocenters. The van der Waals surface area contributed by atoms with Gasteiger partial charge in [-0.15, -0.1) is 0 Å². The Bertz CT molecular complexity index is 703. The van der Waals surface area contributed by atoms with Crippen LogP contribution in [0.1, 0.15) is 31.4 Å². The Kier molecular flexibility index (Phi) is 3.74. The van der Waals surface area contributed by atoms with Crippen molar-refractivity contribution in [1.82, 2.24) is 5.06 Å². The number of aliphatic carboxylic acids is 1. The maximum Gasteiger partial charge on any atom is 0.308 e. The highest BCUT2D eigenvalue weighted by molar-refractivity contribution is 5.73. The van der Waals surface area contributed by atoms with E-state index in [0.717, 1.165) is 11.1 Å². The number of carboxylic acid groups (broad SMARTS) is 1. The molecule has 2 aromatic rings. The molecule has 0 radical (unpaired) electrons. The molecular formula is C19H21NO3. The Morgan fingerprint density at radius 2 is 1.48 bits per heavy atom. The minimum Gasteiger partial charge on any atom is -0.481 e. The zero-order valence-corrected chi connectivity index (χ0v) is 13.3. The van der Waals surface area contributed by atoms with Crippen molar-refractivity contribution >= 4 is 5.97 Å². The largest absolute Gasteiger partial charge is 0.481 e. The number of rotatable bonds is 3. The molecule has 1 fully saturated rings. The summed E-state index contributed by atoms with van der Waals surface area (Å²) in [6.45, 7) is 3.70. The van der Waals surface area contributed by atoms with Gasteiger partial charge in [0.1, 0.15) is 0 Å². The summed E-state index contributed by atoms with van der Waals surface area (Å²) in [5.74, 6) is -1.60. The number of carbonyl (C=O) groups is 1. The summed E-state index contributed by atoms with van der Waals surface area (Å²) in [7, 11) is 0. The van der Waals surface area contributed by atoms with E-state index in [4.69, 9.17) is 0 Å². The lowest BCUT2D eigenvalue weighted by Gasteiger charge is -2.40. The normalized spacial score (nSPS) is 31.2. The lowest BCUT2D eigenvalue weighted by Crippen LogP contribution is -2.48. The van der Waals surface area contributed by atoms with E-state index in [9.17, 15) is 15.1 Å². The second kappa shape index (κ2) is 5.48. The first-order valence-corrected chi connectivity index (χ1v) is 7.74. The third kappa shape index (κ3) is 2.26. The predicted octanol–water partition coefficient (Wildman–Crippen LogP) is 3.61. The summed E-state index contributed by atoms with van der Waals surface area (Å²) in [5, 5.41) is 22.1. The smallest absolute Gasteiger partial charge is 0.308 e. The Morgan fingerprint density at radius 1 is 1.00 bits per heavy atom. The molecule has 4 heteroatoms. The second-order valence-corrected chi connectivity index (χ2v) is 6.56. The van der Waals surface area contributed by atoms with Gasteiger partial charge in [-0.05, 0) is 31.4 Å². The van der Waals surface area contributed by atoms with Crippen LogP contribution in [-0.2, 0) is 15.9 Å². The molecule has 120 valence electrons. The Morgan fingerprint density at radius 3 is 1.96 bits per heavy atom. The molecule has 0 amide bonds. The van der Waals surface area contributed by atoms with E-state index in [0.29, 0.717) is 6.42 Å². The first-order chi connectivity index (χ1) is 10.9. The molecule has 1 heterocycles. The number of benzene rings is 2. The van der Waals surface area contributed by atoms with Crippen LogP contribution in [0.5, 0.6) is 0 Å². The Labute approximate surface area is 136 Å². The monoisotopic (exact) mass is 311 g/mol. The van der Waals surface area contributed by atoms with Crippen molar-refractivity contribution in [3.63, 3.8) is 0 Å². The van der Waals surface area contributed by atoms with Gasteiger partial charge in [-0.25, -0.2) is 0 Å². The van der Waals surface area contributed by atoms with E-state index >= 15 is 0 Å². The van der Waals surface area contributed by atoms with Crippen molar-refractivity contribution in [3.05, 3.63) is 71.8 Å². The number of hydroxylamine groups is 2. The minimum absolute atomic E-state index is 0.342. The number of hydrogen-bond acceptors (Lipinski definition) is 3. The second-order valence-electron chi connectivity index (χ2n) is 6.56. The van der Waals surface area contributed by atoms with Crippen LogP contribution in [0.15, 0.2) is 60.7 Å². The van der Waals surface area contributed by atoms with Gasteiger partial charge in [0.05, 0.1) is 17.0 Å². The molecule has 1 saturated heterocycles. The van der Waals surface area contributed by atoms with Crippen LogP contribution in [0.2, 0.25) is 0 Å². The topological polar surface area (TPSA) is 60.8 Å². The van der Waals surface area contributed by atoms with Gasteiger partial charge < -0.3 is 10.3 Å². The van der Waals surface area contributed by atoms with Crippen LogP contribution in [0.4, 0.5) is 0 Å². The van der Waals surface area contributed by atoms with Crippen LogP contribution in [0.3, 0.4) is 0 Å². The molecule has 0 aromatic heterocycles. The fraction of sp³-hybridized carbons (Fsp3) is 0.316. The molecular weight excluding hydrogens is 290 g/mol. The van der Waals surface area contributed by atoms with Gasteiger partial charge in [-0.3, -0.25) is 4.79 Å². The van der Waals surface area contributed by atoms with E-state index in [-0.39, 0.29) is 0 Å². The average Bonchev–Trinajstić information content (AvgIpc) is 2.80. The van der Waals surface area contributed by atoms with Gasteiger partial charge in [0, 0.05) is 0 Å². The molecule has 4 nitrogen and oxygen atoms in total. The van der Waals surface area contributed by atoms with E-state index in [1.165, 1.54) is 5.06 Å². The van der Waals surface area contributed by atoms with E-state index in [1.807, 2.05) is 67.6 Å². The van der Waals surface area contributed by atoms with Gasteiger partial charge in [-0.2, -0.15) is 5.06 Å². The SMILES string of the molecule is CC1(c2ccccc2)CC(C(=O)O)C(C)(c2ccccc2)N1O. The molecule has 3 unspecified atom stereocenters. The van der Waals surface area contributed by atoms with Gasteiger partial charge in [0.2, 0.25) is 0 Å². The van der Waals surface area contributed by atoms with Gasteiger partial charge >= 0.3 is 5.97 Å². The quantitative estimate of drug-likeness (QED) is 0.909. The minimum atomic E-state index is -0.988. The lowest BCUT2D eigenvalue weighted by molar-refractivity contribution is -0.216. The average molecular weight is 311 g/mol. The standard InChI is InChI=1S/C19H21NO3/c1-18(14-9-5-3-6-10-14)13-16(17(21)22)19(2,20(18)23)15-11-7-4-8-12-15/h3-12,16,23H,13H2,1-2H3,(H,21,22). The molecule has 2 aromatic carbocycles. The molecule has 1 aliphatic heterocycles. The van der Waals surface area contributed by atoms with Gasteiger partial charge in [-0.1, -0.05) is 60.7 Å². The molecule has 0 saturated carbocycles. The molecule has 0 bridgehead atoms. The van der Waals surface area contributed by atoms with Crippen molar-refractivity contribution in [2.75, 3.05) is 0 Å². The highest BCUT2D eigenvalue weighted by atomic mass is 16.5. The predicted molar refractivity (Wildman–Crippen MR) is 87.0 cm³/mol. The van der Waals surface area contributed by atoms with Crippen molar-refractivity contribution in [2.45, 2.75) is 31.3 Å². The summed E-state index contributed by atoms with van der Waals surface area (Å²) in [4.78, 5) is 11.9. The first kappa shape index (κ1) is 15.7. The van der Waals surface area contributed by atoms with E-state index < -0.39 is 23.0 Å². The van der Waals surface area contributed by atoms with Crippen LogP contribution >= 0.6 is 0 Å². The number of carboxylic acids is 1. The zero-order valence-electron chi connectivity index (χ0n) is 13.3. The van der Waals surface area contributed by atoms with Crippen LogP contribution < -0.4 is 0 Å². The molecule has 0 aliphatic carbocycles. The third-order valence-corrected chi connectivity index (χ3v) is 5.24. The van der Waals surface area contributed by atoms with Crippen LogP contribution in [-0.4, -0.2) is 21.3 Å². The number of nitrogens with zero attached hydrogens (tertiary/aromatic N) is 1. The lowest BCUT2D eigenvalue weighted by atomic mass is 9.79. The summed E-state index contributed by atoms with van der Waals surface area (Å²) < 4.78 is 0. The summed E-state index contributed by atoms with van der Waals surface area (Å²) >= 11 is 0. The highest BCUT2D eigenvalue weighted by Crippen LogP contribution is 2.54. The van der Waals surface area contributed by atoms with Crippen molar-refractivity contribution in [2.24, 2.45) is 5.92 Å².